The normalized spacial score (nSPS) is 11.2. The van der Waals surface area contributed by atoms with Crippen molar-refractivity contribution < 1.29 is 31.1 Å². The van der Waals surface area contributed by atoms with E-state index in [1.165, 1.54) is 55.6 Å². The van der Waals surface area contributed by atoms with Crippen LogP contribution in [0.3, 0.4) is 0 Å². The molecule has 0 bridgehead atoms. The van der Waals surface area contributed by atoms with Crippen LogP contribution in [0, 0.1) is 17.5 Å². The number of carbonyl (C=O) groups excluding carboxylic acids is 1. The molecule has 0 saturated heterocycles. The molecular formula is C27H21F3N2O4S. The molecule has 2 N–H and O–H groups in total. The Labute approximate surface area is 211 Å². The summed E-state index contributed by atoms with van der Waals surface area (Å²) in [5.74, 6) is -2.53. The van der Waals surface area contributed by atoms with Crippen LogP contribution in [0.2, 0.25) is 0 Å². The van der Waals surface area contributed by atoms with Crippen LogP contribution in [0.25, 0.3) is 11.1 Å². The van der Waals surface area contributed by atoms with E-state index in [2.05, 4.69) is 10.0 Å². The highest BCUT2D eigenvalue weighted by molar-refractivity contribution is 7.89. The molecule has 1 amide bonds. The van der Waals surface area contributed by atoms with Gasteiger partial charge < -0.3 is 10.1 Å². The summed E-state index contributed by atoms with van der Waals surface area (Å²) in [6, 6.07) is 18.9. The second-order valence-corrected chi connectivity index (χ2v) is 9.89. The smallest absolute Gasteiger partial charge is 0.240 e. The molecule has 0 atom stereocenters. The Bertz CT molecular complexity index is 1540. The van der Waals surface area contributed by atoms with Gasteiger partial charge in [0.15, 0.2) is 0 Å². The molecule has 0 unspecified atom stereocenters. The van der Waals surface area contributed by atoms with Gasteiger partial charge in [0.1, 0.15) is 29.0 Å². The van der Waals surface area contributed by atoms with Gasteiger partial charge in [0.25, 0.3) is 0 Å². The van der Waals surface area contributed by atoms with E-state index >= 15 is 0 Å². The van der Waals surface area contributed by atoms with Crippen LogP contribution >= 0.6 is 0 Å². The zero-order chi connectivity index (χ0) is 26.6. The van der Waals surface area contributed by atoms with Crippen LogP contribution in [0.15, 0.2) is 89.8 Å². The molecule has 10 heteroatoms. The Kier molecular flexibility index (Phi) is 7.61. The first-order valence-electron chi connectivity index (χ1n) is 11.0. The topological polar surface area (TPSA) is 84.5 Å². The number of ether oxygens (including phenoxy) is 1. The average Bonchev–Trinajstić information content (AvgIpc) is 2.84. The van der Waals surface area contributed by atoms with Crippen molar-refractivity contribution >= 4 is 21.6 Å². The number of rotatable bonds is 8. The van der Waals surface area contributed by atoms with Crippen molar-refractivity contribution in [2.45, 2.75) is 11.3 Å². The molecule has 0 spiro atoms. The van der Waals surface area contributed by atoms with Crippen LogP contribution < -0.4 is 14.8 Å². The minimum absolute atomic E-state index is 0.0448. The number of halogens is 3. The van der Waals surface area contributed by atoms with Crippen LogP contribution in [0.1, 0.15) is 5.56 Å². The van der Waals surface area contributed by atoms with Crippen molar-refractivity contribution in [1.82, 2.24) is 4.72 Å². The van der Waals surface area contributed by atoms with Crippen LogP contribution in [0.5, 0.6) is 11.5 Å². The van der Waals surface area contributed by atoms with E-state index in [0.717, 1.165) is 12.1 Å². The van der Waals surface area contributed by atoms with Gasteiger partial charge in [-0.1, -0.05) is 24.3 Å². The number of anilines is 1. The van der Waals surface area contributed by atoms with E-state index in [1.54, 1.807) is 18.2 Å². The first-order valence-corrected chi connectivity index (χ1v) is 12.5. The van der Waals surface area contributed by atoms with Gasteiger partial charge >= 0.3 is 0 Å². The van der Waals surface area contributed by atoms with Crippen molar-refractivity contribution in [2.75, 3.05) is 12.4 Å². The van der Waals surface area contributed by atoms with Gasteiger partial charge in [-0.3, -0.25) is 4.79 Å². The fourth-order valence-corrected chi connectivity index (χ4v) is 4.32. The number of amides is 1. The molecule has 0 fully saturated rings. The lowest BCUT2D eigenvalue weighted by molar-refractivity contribution is -0.115. The Morgan fingerprint density at radius 1 is 0.838 bits per heavy atom. The monoisotopic (exact) mass is 526 g/mol. The second-order valence-electron chi connectivity index (χ2n) is 8.00. The highest BCUT2D eigenvalue weighted by atomic mass is 32.2. The SMILES string of the molecule is CNS(=O)(=O)c1ccc(CC(=O)Nc2ccc(-c3cccc(F)c3)c(Oc3cc(F)cc(F)c3)c2)cc1. The summed E-state index contributed by atoms with van der Waals surface area (Å²) in [5.41, 5.74) is 1.80. The van der Waals surface area contributed by atoms with Gasteiger partial charge in [-0.15, -0.1) is 0 Å². The van der Waals surface area contributed by atoms with Gasteiger partial charge in [-0.2, -0.15) is 0 Å². The first kappa shape index (κ1) is 25.9. The molecule has 0 aromatic heterocycles. The Hall–Kier alpha value is -4.15. The Morgan fingerprint density at radius 3 is 2.19 bits per heavy atom. The minimum Gasteiger partial charge on any atom is -0.456 e. The zero-order valence-electron chi connectivity index (χ0n) is 19.5. The van der Waals surface area contributed by atoms with E-state index in [-0.39, 0.29) is 22.8 Å². The summed E-state index contributed by atoms with van der Waals surface area (Å²) in [5, 5.41) is 2.71. The van der Waals surface area contributed by atoms with Crippen LogP contribution in [0.4, 0.5) is 18.9 Å². The third kappa shape index (κ3) is 6.54. The Balaban J connectivity index is 1.59. The van der Waals surface area contributed by atoms with Crippen LogP contribution in [-0.4, -0.2) is 21.4 Å². The highest BCUT2D eigenvalue weighted by Crippen LogP contribution is 2.36. The minimum atomic E-state index is -3.59. The maximum absolute atomic E-state index is 13.9. The fraction of sp³-hybridized carbons (Fsp3) is 0.0741. The molecule has 4 rings (SSSR count). The van der Waals surface area contributed by atoms with E-state index in [1.807, 2.05) is 0 Å². The van der Waals surface area contributed by atoms with Gasteiger partial charge in [0.05, 0.1) is 11.3 Å². The van der Waals surface area contributed by atoms with Crippen molar-refractivity contribution in [2.24, 2.45) is 0 Å². The summed E-state index contributed by atoms with van der Waals surface area (Å²) in [6.07, 6.45) is -0.0448. The van der Waals surface area contributed by atoms with Crippen molar-refractivity contribution in [3.05, 3.63) is 108 Å². The van der Waals surface area contributed by atoms with E-state index < -0.39 is 33.4 Å². The molecule has 0 radical (unpaired) electrons. The van der Waals surface area contributed by atoms with E-state index in [9.17, 15) is 26.4 Å². The van der Waals surface area contributed by atoms with Crippen molar-refractivity contribution in [3.63, 3.8) is 0 Å². The standard InChI is InChI=1S/C27H21F3N2O4S/c1-31-37(34,35)24-8-5-17(6-9-24)11-27(33)32-22-7-10-25(18-3-2-4-19(28)12-18)26(16-22)36-23-14-20(29)13-21(30)15-23/h2-10,12-16,31H,11H2,1H3,(H,32,33). The maximum Gasteiger partial charge on any atom is 0.240 e. The number of sulfonamides is 1. The molecule has 4 aromatic rings. The third-order valence-electron chi connectivity index (χ3n) is 5.33. The maximum atomic E-state index is 13.9. The number of hydrogen-bond acceptors (Lipinski definition) is 4. The van der Waals surface area contributed by atoms with Crippen LogP contribution in [-0.2, 0) is 21.2 Å². The molecule has 0 aliphatic carbocycles. The predicted octanol–water partition coefficient (Wildman–Crippen LogP) is 5.65. The van der Waals surface area contributed by atoms with E-state index in [0.29, 0.717) is 28.4 Å². The average molecular weight is 527 g/mol. The summed E-state index contributed by atoms with van der Waals surface area (Å²) >= 11 is 0. The molecule has 0 saturated carbocycles. The predicted molar refractivity (Wildman–Crippen MR) is 133 cm³/mol. The molecule has 190 valence electrons. The highest BCUT2D eigenvalue weighted by Gasteiger charge is 2.14. The molecule has 0 heterocycles. The number of nitrogens with one attached hydrogen (secondary N) is 2. The molecular weight excluding hydrogens is 505 g/mol. The lowest BCUT2D eigenvalue weighted by atomic mass is 10.0. The second kappa shape index (κ2) is 10.9. The summed E-state index contributed by atoms with van der Waals surface area (Å²) in [7, 11) is -2.29. The fourth-order valence-electron chi connectivity index (χ4n) is 3.59. The zero-order valence-corrected chi connectivity index (χ0v) is 20.3. The quantitative estimate of drug-likeness (QED) is 0.311. The summed E-state index contributed by atoms with van der Waals surface area (Å²) in [4.78, 5) is 12.7. The van der Waals surface area contributed by atoms with Gasteiger partial charge in [0.2, 0.25) is 15.9 Å². The lowest BCUT2D eigenvalue weighted by Crippen LogP contribution is -2.18. The van der Waals surface area contributed by atoms with E-state index in [4.69, 9.17) is 4.74 Å². The number of carbonyl (C=O) groups is 1. The number of hydrogen-bond donors (Lipinski definition) is 2. The Morgan fingerprint density at radius 2 is 1.54 bits per heavy atom. The van der Waals surface area contributed by atoms with Crippen molar-refractivity contribution in [1.29, 1.82) is 0 Å². The van der Waals surface area contributed by atoms with Gasteiger partial charge in [-0.25, -0.2) is 26.3 Å². The molecule has 0 aliphatic heterocycles. The molecule has 0 aliphatic rings. The molecule has 4 aromatic carbocycles. The number of benzene rings is 4. The van der Waals surface area contributed by atoms with Crippen molar-refractivity contribution in [3.8, 4) is 22.6 Å². The molecule has 37 heavy (non-hydrogen) atoms. The molecule has 6 nitrogen and oxygen atoms in total. The largest absolute Gasteiger partial charge is 0.456 e. The summed E-state index contributed by atoms with van der Waals surface area (Å²) < 4.78 is 73.0. The summed E-state index contributed by atoms with van der Waals surface area (Å²) in [6.45, 7) is 0. The first-order chi connectivity index (χ1) is 17.6. The van der Waals surface area contributed by atoms with Gasteiger partial charge in [-0.05, 0) is 54.6 Å². The third-order valence-corrected chi connectivity index (χ3v) is 6.76. The lowest BCUT2D eigenvalue weighted by Gasteiger charge is -2.14. The van der Waals surface area contributed by atoms with Gasteiger partial charge in [0, 0.05) is 35.5 Å².